The molecule has 0 bridgehead atoms. The van der Waals surface area contributed by atoms with E-state index in [0.717, 1.165) is 176 Å². The second-order valence-corrected chi connectivity index (χ2v) is 42.1. The molecule has 4 aliphatic carbocycles. The summed E-state index contributed by atoms with van der Waals surface area (Å²) in [5.41, 5.74) is 5.56. The van der Waals surface area contributed by atoms with E-state index in [1.807, 2.05) is 41.8 Å². The number of nitrogens with one attached hydrogen (secondary N) is 7. The van der Waals surface area contributed by atoms with Crippen LogP contribution >= 0.6 is 45.3 Å². The number of aryl methyl sites for hydroxylation is 4. The van der Waals surface area contributed by atoms with Gasteiger partial charge in [-0.25, -0.2) is 57.4 Å². The molecule has 6 aliphatic rings. The van der Waals surface area contributed by atoms with E-state index >= 15 is 0 Å². The predicted octanol–water partition coefficient (Wildman–Crippen LogP) is 22.1. The van der Waals surface area contributed by atoms with E-state index in [1.54, 1.807) is 49.8 Å². The fourth-order valence-corrected chi connectivity index (χ4v) is 23.6. The zero-order chi connectivity index (χ0) is 102. The zero-order valence-electron chi connectivity index (χ0n) is 82.8. The molecule has 788 valence electrons. The van der Waals surface area contributed by atoms with E-state index in [-0.39, 0.29) is 87.3 Å². The number of unbranched alkanes of at least 4 members (excludes halogenated alkanes) is 1. The van der Waals surface area contributed by atoms with Crippen LogP contribution in [0.25, 0.3) is 40.9 Å². The van der Waals surface area contributed by atoms with Crippen molar-refractivity contribution in [2.24, 2.45) is 0 Å². The Morgan fingerprint density at radius 2 is 0.769 bits per heavy atom. The van der Waals surface area contributed by atoms with Crippen molar-refractivity contribution in [2.45, 2.75) is 258 Å². The maximum atomic E-state index is 14.2. The third-order valence-electron chi connectivity index (χ3n) is 27.1. The molecule has 19 rings (SSSR count). The van der Waals surface area contributed by atoms with Crippen LogP contribution in [-0.4, -0.2) is 222 Å². The summed E-state index contributed by atoms with van der Waals surface area (Å²) in [5.74, 6) is 2.53. The first-order valence-corrected chi connectivity index (χ1v) is 53.5. The smallest absolute Gasteiger partial charge is 0.262 e. The molecule has 10 N–H and O–H groups in total. The standard InChI is InChI=1S/C29H37FN4O3S.C27H34FN5O3S.C25H32FN5O3S.C25H25FN4O4S.2CH4/c1-19-26-28(33-23-13-8-20(30)17-25(23)37-22-11-9-21(36-2)10-12-22)31-18-32-29(26)38-27(19)24(35)7-3-4-14-34-15-5-6-16-34;1-17-23-25(32-21-9-8-18(28)14-22(21)36-20-7-4-6-19(34)15-20)30-16-31-27(23)37-24(17)26(35)29-10-5-13-33-11-2-3-12-33;1-15-21-23(28-14-29-25(21)35-22(15)24(33)27-10-5-11-31(2)3)30-19-9-8-16(26)12-20(19)34-18-7-4-6-17(32)13-18;1-14-21-23(28-13-29-25(21)35-22(14)24(32)27-12-18-3-2-10-33-18)30-19-9-4-15(26)11-20(19)34-17-7-5-16(31)6-8-17;;/h8,13,17-18,21-22H,3-7,9-12,14-16H2,1-2H3,(H,31,32,33);8-9,14,16,19-20,34H,2-7,10-13,15H2,1H3,(H,29,35)(H,30,31,32);8-9,12,14,17-18,32H,4-7,10-11,13H2,1-3H3,(H,27,33)(H,28,29,30);2-4,9-11,13,16-17,31H,5-8,12H2,1H3,(H,27,32)(H,28,29,30);2*1H4/t;19-,20-;17-,18-;;;/m.00.../s1. The van der Waals surface area contributed by atoms with Crippen LogP contribution in [0, 0.1) is 51.0 Å². The summed E-state index contributed by atoms with van der Waals surface area (Å²) in [5, 5.41) is 54.9. The second-order valence-electron chi connectivity index (χ2n) is 38.1. The van der Waals surface area contributed by atoms with Crippen LogP contribution in [0.4, 0.5) is 63.6 Å². The Balaban J connectivity index is 0.000000154. The number of nitrogens with zero attached hydrogens (tertiary/aromatic N) is 11. The molecule has 39 heteroatoms. The van der Waals surface area contributed by atoms with Gasteiger partial charge in [0.05, 0.1) is 113 Å². The molecule has 3 amide bonds. The number of hydrogen-bond acceptors (Lipinski definition) is 32. The lowest BCUT2D eigenvalue weighted by molar-refractivity contribution is 0.0329. The Hall–Kier alpha value is -11.8. The van der Waals surface area contributed by atoms with Crippen molar-refractivity contribution in [3.05, 3.63) is 187 Å². The SMILES string of the molecule is C.C.COC1CCC(Oc2cc(F)ccc2Nc2ncnc3sc(C(=O)CCCCN4CCCC4)c(C)c23)CC1.Cc1c(C(=O)NCCCN(C)C)sc2ncnc(Nc3ccc(F)cc3O[C@H]3CCC[C@H](O)C3)c12.Cc1c(C(=O)NCCCN2CCCC2)sc2ncnc(Nc3ccc(F)cc3O[C@H]3CCC[C@H](O)C3)c12.Cc1c(C(=O)NCc2ccco2)sc2ncnc(Nc3ccc(F)cc3OC3CCC(O)CC3)c12. The van der Waals surface area contributed by atoms with Crippen molar-refractivity contribution in [1.29, 1.82) is 0 Å². The Bertz CT molecular complexity index is 6570. The van der Waals surface area contributed by atoms with Gasteiger partial charge in [0.1, 0.15) is 132 Å². The van der Waals surface area contributed by atoms with Crippen LogP contribution in [0.5, 0.6) is 23.0 Å². The number of thiophene rings is 4. The number of carbonyl (C=O) groups excluding carboxylic acids is 4. The number of carbonyl (C=O) groups is 4. The summed E-state index contributed by atoms with van der Waals surface area (Å²) in [6.07, 6.45) is 27.7. The van der Waals surface area contributed by atoms with Crippen LogP contribution in [0.3, 0.4) is 0 Å². The highest BCUT2D eigenvalue weighted by Gasteiger charge is 2.32. The van der Waals surface area contributed by atoms with E-state index in [0.29, 0.717) is 162 Å². The molecule has 0 spiro atoms. The number of benzene rings is 4. The van der Waals surface area contributed by atoms with Gasteiger partial charge in [0.15, 0.2) is 5.78 Å². The van der Waals surface area contributed by atoms with Gasteiger partial charge in [-0.2, -0.15) is 0 Å². The maximum Gasteiger partial charge on any atom is 0.262 e. The molecule has 31 nitrogen and oxygen atoms in total. The average molecular weight is 2100 g/mol. The van der Waals surface area contributed by atoms with E-state index in [2.05, 4.69) is 91.8 Å². The summed E-state index contributed by atoms with van der Waals surface area (Å²) in [6, 6.07) is 21.0. The van der Waals surface area contributed by atoms with Gasteiger partial charge in [0.25, 0.3) is 17.7 Å². The number of anilines is 8. The van der Waals surface area contributed by atoms with Crippen molar-refractivity contribution in [2.75, 3.05) is 101 Å². The molecule has 6 fully saturated rings. The Kier molecular flexibility index (Phi) is 40.3. The summed E-state index contributed by atoms with van der Waals surface area (Å²) < 4.78 is 91.8. The molecule has 4 aromatic carbocycles. The summed E-state index contributed by atoms with van der Waals surface area (Å²) >= 11 is 5.37. The number of aliphatic hydroxyl groups excluding tert-OH is 3. The lowest BCUT2D eigenvalue weighted by Gasteiger charge is -2.28. The molecule has 0 unspecified atom stereocenters. The number of rotatable bonds is 36. The zero-order valence-corrected chi connectivity index (χ0v) is 86.1. The fraction of sp³-hybridized carbons (Fsp3) is 0.481. The van der Waals surface area contributed by atoms with Crippen molar-refractivity contribution in [1.82, 2.24) is 70.5 Å². The van der Waals surface area contributed by atoms with Crippen LogP contribution in [0.2, 0.25) is 0 Å². The number of ketones is 1. The average Bonchev–Trinajstić information content (AvgIpc) is 1.64. The van der Waals surface area contributed by atoms with Gasteiger partial charge in [-0.1, -0.05) is 14.9 Å². The quantitative estimate of drug-likeness (QED) is 0.00990. The van der Waals surface area contributed by atoms with Crippen LogP contribution in [0.15, 0.2) is 121 Å². The number of Topliss-reactive ketones (excluding diaryl/α,β-unsaturated/α-hetero) is 1. The Morgan fingerprint density at radius 3 is 1.14 bits per heavy atom. The minimum absolute atomic E-state index is 0. The number of amides is 3. The highest BCUT2D eigenvalue weighted by molar-refractivity contribution is 7.22. The molecular weight excluding hydrogens is 1960 g/mol. The molecule has 4 saturated carbocycles. The third kappa shape index (κ3) is 29.7. The first kappa shape index (κ1) is 111. The summed E-state index contributed by atoms with van der Waals surface area (Å²) in [4.78, 5) is 99.4. The van der Waals surface area contributed by atoms with Crippen molar-refractivity contribution >= 4 is 156 Å². The maximum absolute atomic E-state index is 14.2. The van der Waals surface area contributed by atoms with Gasteiger partial charge in [0.2, 0.25) is 0 Å². The van der Waals surface area contributed by atoms with E-state index in [4.69, 9.17) is 28.1 Å². The number of methoxy groups -OCH3 is 1. The first-order valence-electron chi connectivity index (χ1n) is 50.2. The highest BCUT2D eigenvalue weighted by atomic mass is 32.1. The monoisotopic (exact) mass is 2100 g/mol. The van der Waals surface area contributed by atoms with Gasteiger partial charge in [-0.05, 0) is 312 Å². The number of aromatic nitrogens is 8. The molecule has 2 aliphatic heterocycles. The lowest BCUT2D eigenvalue weighted by atomic mass is 9.95. The third-order valence-corrected chi connectivity index (χ3v) is 31.9. The van der Waals surface area contributed by atoms with Crippen LogP contribution in [0.1, 0.15) is 242 Å². The van der Waals surface area contributed by atoms with E-state index in [9.17, 15) is 52.1 Å². The minimum Gasteiger partial charge on any atom is -0.488 e. The second kappa shape index (κ2) is 53.4. The highest BCUT2D eigenvalue weighted by Crippen LogP contribution is 2.45. The molecule has 13 aromatic rings. The predicted molar refractivity (Wildman–Crippen MR) is 573 cm³/mol. The molecule has 9 aromatic heterocycles. The Morgan fingerprint density at radius 1 is 0.415 bits per heavy atom. The fourth-order valence-electron chi connectivity index (χ4n) is 19.3. The largest absolute Gasteiger partial charge is 0.488 e. The number of likely N-dealkylation sites (tertiary alicyclic amines) is 2. The number of aliphatic hydroxyl groups is 3. The Labute approximate surface area is 871 Å². The van der Waals surface area contributed by atoms with Crippen LogP contribution in [-0.2, 0) is 11.3 Å². The minimum atomic E-state index is -0.408. The lowest BCUT2D eigenvalue weighted by Crippen LogP contribution is -2.28. The van der Waals surface area contributed by atoms with Crippen molar-refractivity contribution in [3.63, 3.8) is 0 Å². The number of furan rings is 1. The molecular formula is C108H136F4N18O13S4. The van der Waals surface area contributed by atoms with Gasteiger partial charge in [-0.15, -0.1) is 45.3 Å². The normalized spacial score (nSPS) is 18.9. The number of hydrogen-bond donors (Lipinski definition) is 10. The summed E-state index contributed by atoms with van der Waals surface area (Å²) in [6.45, 7) is 16.8. The first-order chi connectivity index (χ1) is 70.3. The van der Waals surface area contributed by atoms with Crippen LogP contribution < -0.4 is 56.2 Å². The van der Waals surface area contributed by atoms with E-state index < -0.39 is 29.7 Å². The number of halogens is 4. The molecule has 147 heavy (non-hydrogen) atoms. The van der Waals surface area contributed by atoms with Gasteiger partial charge >= 0.3 is 0 Å². The van der Waals surface area contributed by atoms with Gasteiger partial charge in [-0.3, -0.25) is 19.2 Å². The molecule has 11 heterocycles. The van der Waals surface area contributed by atoms with Crippen molar-refractivity contribution in [3.8, 4) is 23.0 Å². The molecule has 0 radical (unpaired) electrons. The van der Waals surface area contributed by atoms with Gasteiger partial charge < -0.3 is 95.3 Å². The van der Waals surface area contributed by atoms with Crippen molar-refractivity contribution < 1.29 is 80.2 Å². The number of fused-ring (bicyclic) bond motifs is 4. The van der Waals surface area contributed by atoms with Gasteiger partial charge in [0, 0.05) is 63.7 Å². The van der Waals surface area contributed by atoms with E-state index in [1.165, 1.54) is 158 Å². The topological polar surface area (TPSA) is 385 Å². The number of ether oxygens (including phenoxy) is 5. The molecule has 2 saturated heterocycles. The summed E-state index contributed by atoms with van der Waals surface area (Å²) in [7, 11) is 5.74. The molecule has 4 atom stereocenters.